The average Bonchev–Trinajstić information content (AvgIpc) is 2.89. The highest BCUT2D eigenvalue weighted by Crippen LogP contribution is 2.41. The number of halogens is 1. The number of rotatable bonds is 4. The van der Waals surface area contributed by atoms with Gasteiger partial charge in [0.1, 0.15) is 5.82 Å². The molecule has 1 heterocycles. The van der Waals surface area contributed by atoms with Gasteiger partial charge in [0.2, 0.25) is 0 Å². The van der Waals surface area contributed by atoms with Gasteiger partial charge in [-0.2, -0.15) is 22.5 Å². The summed E-state index contributed by atoms with van der Waals surface area (Å²) in [7, 11) is -0.580. The van der Waals surface area contributed by atoms with Crippen LogP contribution in [0.2, 0.25) is 0 Å². The smallest absolute Gasteiger partial charge is 0.237 e. The summed E-state index contributed by atoms with van der Waals surface area (Å²) in [6, 6.07) is 5.87. The first kappa shape index (κ1) is 18.0. The summed E-state index contributed by atoms with van der Waals surface area (Å²) in [6.07, 6.45) is 3.08. The zero-order valence-corrected chi connectivity index (χ0v) is 15.6. The van der Waals surface area contributed by atoms with Gasteiger partial charge in [-0.3, -0.25) is 0 Å². The second kappa shape index (κ2) is 6.19. The topological polar surface area (TPSA) is 67.2 Å². The molecular weight excluding hydrogens is 343 g/mol. The molecule has 3 rings (SSSR count). The molecule has 1 unspecified atom stereocenters. The fourth-order valence-electron chi connectivity index (χ4n) is 3.26. The monoisotopic (exact) mass is 366 g/mol. The fourth-order valence-corrected chi connectivity index (χ4v) is 4.04. The van der Waals surface area contributed by atoms with Gasteiger partial charge in [0.25, 0.3) is 10.2 Å². The van der Waals surface area contributed by atoms with Crippen LogP contribution in [0.15, 0.2) is 30.5 Å². The third kappa shape index (κ3) is 3.61. The van der Waals surface area contributed by atoms with Crippen molar-refractivity contribution in [3.8, 4) is 5.69 Å². The molecule has 0 saturated carbocycles. The molecule has 0 amide bonds. The third-order valence-electron chi connectivity index (χ3n) is 4.50. The highest BCUT2D eigenvalue weighted by atomic mass is 32.2. The maximum absolute atomic E-state index is 13.6. The number of hydrogen-bond donors (Lipinski definition) is 1. The van der Waals surface area contributed by atoms with E-state index in [1.807, 2.05) is 0 Å². The van der Waals surface area contributed by atoms with E-state index in [4.69, 9.17) is 0 Å². The Morgan fingerprint density at radius 3 is 2.72 bits per heavy atom. The van der Waals surface area contributed by atoms with Crippen molar-refractivity contribution in [1.29, 1.82) is 0 Å². The maximum Gasteiger partial charge on any atom is 0.279 e. The van der Waals surface area contributed by atoms with Crippen molar-refractivity contribution in [1.82, 2.24) is 18.8 Å². The van der Waals surface area contributed by atoms with Gasteiger partial charge >= 0.3 is 0 Å². The Labute approximate surface area is 147 Å². The van der Waals surface area contributed by atoms with Gasteiger partial charge in [-0.25, -0.2) is 9.07 Å². The number of fused-ring (bicyclic) bond motifs is 1. The zero-order chi connectivity index (χ0) is 18.4. The molecule has 0 aliphatic heterocycles. The van der Waals surface area contributed by atoms with Gasteiger partial charge in [-0.15, -0.1) is 0 Å². The quantitative estimate of drug-likeness (QED) is 0.904. The predicted molar refractivity (Wildman–Crippen MR) is 94.1 cm³/mol. The maximum atomic E-state index is 13.6. The van der Waals surface area contributed by atoms with E-state index >= 15 is 0 Å². The van der Waals surface area contributed by atoms with Crippen molar-refractivity contribution in [2.24, 2.45) is 5.41 Å². The van der Waals surface area contributed by atoms with Crippen molar-refractivity contribution < 1.29 is 12.8 Å². The van der Waals surface area contributed by atoms with Crippen LogP contribution >= 0.6 is 0 Å². The first-order valence-electron chi connectivity index (χ1n) is 8.12. The van der Waals surface area contributed by atoms with E-state index in [9.17, 15) is 12.8 Å². The van der Waals surface area contributed by atoms with Gasteiger partial charge < -0.3 is 0 Å². The minimum Gasteiger partial charge on any atom is -0.237 e. The lowest BCUT2D eigenvalue weighted by molar-refractivity contribution is 0.267. The number of aromatic nitrogens is 2. The molecule has 0 fully saturated rings. The molecule has 25 heavy (non-hydrogen) atoms. The molecule has 1 N–H and O–H groups in total. The summed E-state index contributed by atoms with van der Waals surface area (Å²) in [5.74, 6) is -0.332. The summed E-state index contributed by atoms with van der Waals surface area (Å²) in [4.78, 5) is 0. The van der Waals surface area contributed by atoms with Crippen LogP contribution in [0.3, 0.4) is 0 Å². The lowest BCUT2D eigenvalue weighted by atomic mass is 9.74. The summed E-state index contributed by atoms with van der Waals surface area (Å²) in [6.45, 7) is 4.19. The van der Waals surface area contributed by atoms with E-state index in [-0.39, 0.29) is 17.3 Å². The van der Waals surface area contributed by atoms with Crippen LogP contribution in [0.1, 0.15) is 37.6 Å². The van der Waals surface area contributed by atoms with Gasteiger partial charge in [-0.05, 0) is 36.5 Å². The molecule has 8 heteroatoms. The first-order valence-corrected chi connectivity index (χ1v) is 9.56. The van der Waals surface area contributed by atoms with E-state index in [1.54, 1.807) is 23.0 Å². The second-order valence-corrected chi connectivity index (χ2v) is 9.36. The van der Waals surface area contributed by atoms with Crippen LogP contribution in [-0.4, -0.2) is 36.6 Å². The van der Waals surface area contributed by atoms with E-state index in [2.05, 4.69) is 23.7 Å². The highest BCUT2D eigenvalue weighted by Gasteiger charge is 2.37. The molecule has 0 saturated heterocycles. The molecule has 0 radical (unpaired) electrons. The molecule has 6 nitrogen and oxygen atoms in total. The lowest BCUT2D eigenvalue weighted by Gasteiger charge is -2.36. The fraction of sp³-hybridized carbons (Fsp3) is 0.471. The standard InChI is InChI=1S/C17H23FN4O2S/c1-17(2)9-15(20-25(23,24)21(3)4)14-11-19-22(16(14)10-17)13-7-5-6-12(18)8-13/h5-8,11,15,20H,9-10H2,1-4H3. The van der Waals surface area contributed by atoms with Crippen molar-refractivity contribution in [3.05, 3.63) is 47.5 Å². The SMILES string of the molecule is CN(C)S(=O)(=O)NC1CC(C)(C)Cc2c1cnn2-c1cccc(F)c1. The second-order valence-electron chi connectivity index (χ2n) is 7.44. The summed E-state index contributed by atoms with van der Waals surface area (Å²) in [5.41, 5.74) is 2.27. The molecule has 0 spiro atoms. The Balaban J connectivity index is 2.05. The van der Waals surface area contributed by atoms with E-state index in [1.165, 1.54) is 26.2 Å². The van der Waals surface area contributed by atoms with Crippen molar-refractivity contribution in [2.75, 3.05) is 14.1 Å². The van der Waals surface area contributed by atoms with E-state index in [0.29, 0.717) is 12.1 Å². The highest BCUT2D eigenvalue weighted by molar-refractivity contribution is 7.87. The predicted octanol–water partition coefficient (Wildman–Crippen LogP) is 2.42. The Kier molecular flexibility index (Phi) is 4.47. The average molecular weight is 366 g/mol. The van der Waals surface area contributed by atoms with Crippen LogP contribution in [0.5, 0.6) is 0 Å². The lowest BCUT2D eigenvalue weighted by Crippen LogP contribution is -2.41. The first-order chi connectivity index (χ1) is 11.6. The summed E-state index contributed by atoms with van der Waals surface area (Å²) >= 11 is 0. The van der Waals surface area contributed by atoms with Crippen LogP contribution in [-0.2, 0) is 16.6 Å². The van der Waals surface area contributed by atoms with Crippen molar-refractivity contribution >= 4 is 10.2 Å². The summed E-state index contributed by atoms with van der Waals surface area (Å²) in [5, 5.41) is 4.40. The van der Waals surface area contributed by atoms with Gasteiger partial charge in [0.05, 0.1) is 17.9 Å². The molecular formula is C17H23FN4O2S. The number of nitrogens with one attached hydrogen (secondary N) is 1. The van der Waals surface area contributed by atoms with Gasteiger partial charge in [0, 0.05) is 25.4 Å². The molecule has 1 aromatic carbocycles. The number of benzene rings is 1. The minimum absolute atomic E-state index is 0.113. The minimum atomic E-state index is -3.57. The molecule has 1 aliphatic rings. The number of hydrogen-bond acceptors (Lipinski definition) is 3. The molecule has 136 valence electrons. The van der Waals surface area contributed by atoms with Crippen LogP contribution < -0.4 is 4.72 Å². The van der Waals surface area contributed by atoms with E-state index < -0.39 is 10.2 Å². The molecule has 2 aromatic rings. The van der Waals surface area contributed by atoms with Crippen LogP contribution in [0, 0.1) is 11.2 Å². The summed E-state index contributed by atoms with van der Waals surface area (Å²) < 4.78 is 43.8. The normalized spacial score (nSPS) is 19.8. The molecule has 1 aliphatic carbocycles. The molecule has 0 bridgehead atoms. The van der Waals surface area contributed by atoms with Crippen LogP contribution in [0.4, 0.5) is 4.39 Å². The number of nitrogens with zero attached hydrogens (tertiary/aromatic N) is 3. The Hall–Kier alpha value is -1.77. The van der Waals surface area contributed by atoms with Gasteiger partial charge in [0.15, 0.2) is 0 Å². The largest absolute Gasteiger partial charge is 0.279 e. The Morgan fingerprint density at radius 1 is 1.36 bits per heavy atom. The van der Waals surface area contributed by atoms with Gasteiger partial charge in [-0.1, -0.05) is 19.9 Å². The van der Waals surface area contributed by atoms with E-state index in [0.717, 1.165) is 22.0 Å². The Morgan fingerprint density at radius 2 is 2.08 bits per heavy atom. The van der Waals surface area contributed by atoms with Crippen molar-refractivity contribution in [2.45, 2.75) is 32.7 Å². The molecule has 1 atom stereocenters. The third-order valence-corrected chi connectivity index (χ3v) is 6.05. The zero-order valence-electron chi connectivity index (χ0n) is 14.8. The molecule has 1 aromatic heterocycles. The Bertz CT molecular complexity index is 890. The van der Waals surface area contributed by atoms with Crippen LogP contribution in [0.25, 0.3) is 5.69 Å². The van der Waals surface area contributed by atoms with Crippen molar-refractivity contribution in [3.63, 3.8) is 0 Å².